The summed E-state index contributed by atoms with van der Waals surface area (Å²) in [4.78, 5) is 52.6. The van der Waals surface area contributed by atoms with Crippen molar-refractivity contribution in [2.75, 3.05) is 6.61 Å². The van der Waals surface area contributed by atoms with Crippen molar-refractivity contribution in [1.29, 1.82) is 0 Å². The molecule has 1 aliphatic rings. The van der Waals surface area contributed by atoms with Gasteiger partial charge in [-0.1, -0.05) is 0 Å². The van der Waals surface area contributed by atoms with Gasteiger partial charge in [-0.2, -0.15) is 0 Å². The highest BCUT2D eigenvalue weighted by Gasteiger charge is 2.52. The topological polar surface area (TPSA) is 377 Å². The van der Waals surface area contributed by atoms with E-state index in [0.717, 1.165) is 0 Å². The van der Waals surface area contributed by atoms with E-state index in [1.165, 1.54) is 0 Å². The number of benzene rings is 4. The Labute approximate surface area is 310 Å². The first-order chi connectivity index (χ1) is 26.3. The number of aliphatic hydroxyl groups excluding tert-OH is 1. The van der Waals surface area contributed by atoms with Gasteiger partial charge in [-0.3, -0.25) is 0 Å². The zero-order valence-electron chi connectivity index (χ0n) is 27.7. The van der Waals surface area contributed by atoms with Crippen LogP contribution >= 0.6 is 0 Å². The van der Waals surface area contributed by atoms with Crippen molar-refractivity contribution in [3.05, 3.63) is 70.8 Å². The largest absolute Gasteiger partial charge is 0.504 e. The van der Waals surface area contributed by atoms with E-state index in [4.69, 9.17) is 23.7 Å². The fourth-order valence-corrected chi connectivity index (χ4v) is 5.08. The number of phenolic OH excluding ortho intramolecular Hbond substituents is 12. The number of carbonyl (C=O) groups is 4. The molecule has 4 aromatic rings. The molecule has 1 fully saturated rings. The third-order valence-corrected chi connectivity index (χ3v) is 7.93. The number of carbonyl (C=O) groups excluding carboxylic acids is 4. The van der Waals surface area contributed by atoms with Crippen LogP contribution in [0.5, 0.6) is 69.0 Å². The van der Waals surface area contributed by atoms with Crippen LogP contribution in [-0.2, 0) is 23.7 Å². The summed E-state index contributed by atoms with van der Waals surface area (Å²) in [6.07, 6.45) is -11.2. The Kier molecular flexibility index (Phi) is 10.8. The van der Waals surface area contributed by atoms with Crippen molar-refractivity contribution in [1.82, 2.24) is 0 Å². The third kappa shape index (κ3) is 7.95. The first-order valence-electron chi connectivity index (χ1n) is 15.4. The Balaban J connectivity index is 1.54. The summed E-state index contributed by atoms with van der Waals surface area (Å²) in [5, 5.41) is 129. The number of aliphatic hydroxyl groups is 1. The summed E-state index contributed by atoms with van der Waals surface area (Å²) in [6.45, 7) is -1.09. The minimum absolute atomic E-state index is 0.570. The molecule has 1 aliphatic heterocycles. The molecule has 22 heteroatoms. The molecule has 0 aromatic heterocycles. The first-order valence-corrected chi connectivity index (χ1v) is 15.4. The van der Waals surface area contributed by atoms with Crippen LogP contribution < -0.4 is 0 Å². The van der Waals surface area contributed by atoms with Gasteiger partial charge in [0, 0.05) is 0 Å². The highest BCUT2D eigenvalue weighted by molar-refractivity contribution is 5.93. The van der Waals surface area contributed by atoms with E-state index in [-0.39, 0.29) is 0 Å². The van der Waals surface area contributed by atoms with Gasteiger partial charge in [-0.05, 0) is 48.5 Å². The fraction of sp³-hybridized carbons (Fsp3) is 0.176. The molecule has 0 amide bonds. The van der Waals surface area contributed by atoms with E-state index >= 15 is 0 Å². The van der Waals surface area contributed by atoms with Crippen LogP contribution in [0, 0.1) is 0 Å². The average Bonchev–Trinajstić information content (AvgIpc) is 3.14. The number of hydrogen-bond acceptors (Lipinski definition) is 22. The second-order valence-corrected chi connectivity index (χ2v) is 11.7. The highest BCUT2D eigenvalue weighted by Crippen LogP contribution is 2.40. The number of hydrogen-bond donors (Lipinski definition) is 13. The second-order valence-electron chi connectivity index (χ2n) is 11.7. The van der Waals surface area contributed by atoms with E-state index < -0.39 is 152 Å². The Morgan fingerprint density at radius 1 is 0.446 bits per heavy atom. The molecular formula is C34H28O22. The summed E-state index contributed by atoms with van der Waals surface area (Å²) in [5.41, 5.74) is -2.60. The Morgan fingerprint density at radius 2 is 0.732 bits per heavy atom. The van der Waals surface area contributed by atoms with Gasteiger partial charge in [-0.15, -0.1) is 0 Å². The maximum absolute atomic E-state index is 13.3. The summed E-state index contributed by atoms with van der Waals surface area (Å²) in [7, 11) is 0. The molecule has 22 nitrogen and oxygen atoms in total. The molecule has 296 valence electrons. The lowest BCUT2D eigenvalue weighted by Crippen LogP contribution is -2.62. The zero-order chi connectivity index (χ0) is 41.3. The van der Waals surface area contributed by atoms with E-state index in [0.29, 0.717) is 48.5 Å². The molecule has 5 atom stereocenters. The van der Waals surface area contributed by atoms with Crippen LogP contribution in [0.4, 0.5) is 0 Å². The summed E-state index contributed by atoms with van der Waals surface area (Å²) in [6, 6.07) is 5.06. The van der Waals surface area contributed by atoms with Gasteiger partial charge < -0.3 is 90.1 Å². The van der Waals surface area contributed by atoms with Gasteiger partial charge in [0.1, 0.15) is 18.8 Å². The molecule has 56 heavy (non-hydrogen) atoms. The number of phenols is 12. The minimum atomic E-state index is -2.40. The van der Waals surface area contributed by atoms with Crippen molar-refractivity contribution in [3.8, 4) is 69.0 Å². The lowest BCUT2D eigenvalue weighted by molar-refractivity contribution is -0.283. The van der Waals surface area contributed by atoms with Crippen molar-refractivity contribution in [2.45, 2.75) is 30.7 Å². The van der Waals surface area contributed by atoms with Crippen LogP contribution in [0.15, 0.2) is 48.5 Å². The van der Waals surface area contributed by atoms with E-state index in [2.05, 4.69) is 0 Å². The molecule has 0 aliphatic carbocycles. The van der Waals surface area contributed by atoms with Gasteiger partial charge >= 0.3 is 23.9 Å². The SMILES string of the molecule is O=C(OC[C@@H]1O[C@H](OC(=O)c2cc(O)c(O)c(O)c2)[C@@H](OC(=O)c2cc(O)c(O)c(O)c2)[C@H](O)[C@H]1OC(=O)c1cc(O)c(O)c(O)c1)c1cc(O)c(O)c(O)c1. The molecule has 1 heterocycles. The van der Waals surface area contributed by atoms with Crippen molar-refractivity contribution >= 4 is 23.9 Å². The quantitative estimate of drug-likeness (QED) is 0.0630. The predicted molar refractivity (Wildman–Crippen MR) is 175 cm³/mol. The van der Waals surface area contributed by atoms with Crippen molar-refractivity contribution < 1.29 is 109 Å². The highest BCUT2D eigenvalue weighted by atomic mass is 16.7. The van der Waals surface area contributed by atoms with Crippen LogP contribution in [0.3, 0.4) is 0 Å². The zero-order valence-corrected chi connectivity index (χ0v) is 27.7. The number of ether oxygens (including phenoxy) is 5. The van der Waals surface area contributed by atoms with Gasteiger partial charge in [0.15, 0.2) is 81.2 Å². The summed E-state index contributed by atoms with van der Waals surface area (Å²) in [5.74, 6) is -17.9. The maximum Gasteiger partial charge on any atom is 0.340 e. The smallest absolute Gasteiger partial charge is 0.340 e. The molecular weight excluding hydrogens is 760 g/mol. The summed E-state index contributed by atoms with van der Waals surface area (Å²) < 4.78 is 26.7. The average molecular weight is 789 g/mol. The Hall–Kier alpha value is -7.72. The molecule has 0 spiro atoms. The van der Waals surface area contributed by atoms with E-state index in [9.17, 15) is 85.6 Å². The molecule has 1 saturated heterocycles. The summed E-state index contributed by atoms with van der Waals surface area (Å²) >= 11 is 0. The minimum Gasteiger partial charge on any atom is -0.504 e. The normalized spacial score (nSPS) is 19.1. The predicted octanol–water partition coefficient (Wildman–Crippen LogP) is 0.705. The van der Waals surface area contributed by atoms with E-state index in [1.54, 1.807) is 0 Å². The van der Waals surface area contributed by atoms with Gasteiger partial charge in [0.25, 0.3) is 0 Å². The molecule has 5 rings (SSSR count). The van der Waals surface area contributed by atoms with Crippen molar-refractivity contribution in [3.63, 3.8) is 0 Å². The standard InChI is InChI=1S/C34H28O22/c35-14-1-10(2-15(36)23(14)43)30(48)52-9-22-28(54-31(49)11-3-16(37)24(44)17(38)4-11)27(47)29(55-32(50)12-5-18(39)25(45)19(40)6-12)34(53-22)56-33(51)13-7-20(41)26(46)21(42)8-13/h1-8,22,27-29,34-47H,9H2/t22-,27+,28-,29-,34+/m0/s1. The molecule has 0 saturated carbocycles. The second kappa shape index (κ2) is 15.3. The number of rotatable bonds is 9. The first kappa shape index (κ1) is 39.5. The lowest BCUT2D eigenvalue weighted by atomic mass is 9.98. The van der Waals surface area contributed by atoms with E-state index in [1.807, 2.05) is 0 Å². The van der Waals surface area contributed by atoms with Gasteiger partial charge in [0.2, 0.25) is 6.29 Å². The molecule has 0 unspecified atom stereocenters. The Morgan fingerprint density at radius 3 is 1.07 bits per heavy atom. The van der Waals surface area contributed by atoms with Gasteiger partial charge in [0.05, 0.1) is 22.3 Å². The van der Waals surface area contributed by atoms with Gasteiger partial charge in [-0.25, -0.2) is 19.2 Å². The van der Waals surface area contributed by atoms with Crippen LogP contribution in [-0.4, -0.2) is 128 Å². The Bertz CT molecular complexity index is 2140. The molecule has 0 bridgehead atoms. The molecule has 13 N–H and O–H groups in total. The maximum atomic E-state index is 13.3. The number of aromatic hydroxyl groups is 12. The van der Waals surface area contributed by atoms with Crippen LogP contribution in [0.25, 0.3) is 0 Å². The third-order valence-electron chi connectivity index (χ3n) is 7.93. The lowest BCUT2D eigenvalue weighted by Gasteiger charge is -2.42. The monoisotopic (exact) mass is 788 g/mol. The van der Waals surface area contributed by atoms with Crippen LogP contribution in [0.2, 0.25) is 0 Å². The molecule has 4 aromatic carbocycles. The van der Waals surface area contributed by atoms with Crippen molar-refractivity contribution in [2.24, 2.45) is 0 Å². The number of esters is 4. The fourth-order valence-electron chi connectivity index (χ4n) is 5.08. The van der Waals surface area contributed by atoms with Crippen LogP contribution in [0.1, 0.15) is 41.4 Å². The molecule has 0 radical (unpaired) electrons.